The minimum atomic E-state index is -3.19. The molecule has 0 saturated carbocycles. The van der Waals surface area contributed by atoms with Crippen molar-refractivity contribution in [2.75, 3.05) is 25.1 Å². The van der Waals surface area contributed by atoms with Gasteiger partial charge in [-0.25, -0.2) is 8.42 Å². The Balaban J connectivity index is 2.44. The Morgan fingerprint density at radius 2 is 1.80 bits per heavy atom. The Morgan fingerprint density at radius 3 is 2.30 bits per heavy atom. The van der Waals surface area contributed by atoms with Crippen molar-refractivity contribution in [2.45, 2.75) is 30.1 Å². The summed E-state index contributed by atoms with van der Waals surface area (Å²) in [6.45, 7) is 6.12. The van der Waals surface area contributed by atoms with Crippen molar-refractivity contribution in [3.8, 4) is 0 Å². The van der Waals surface area contributed by atoms with Gasteiger partial charge in [0.25, 0.3) is 0 Å². The van der Waals surface area contributed by atoms with Gasteiger partial charge < -0.3 is 5.32 Å². The molecule has 1 atom stereocenters. The van der Waals surface area contributed by atoms with Gasteiger partial charge in [-0.05, 0) is 49.7 Å². The summed E-state index contributed by atoms with van der Waals surface area (Å²) in [6, 6.07) is 6.29. The van der Waals surface area contributed by atoms with Crippen LogP contribution in [0, 0.1) is 5.92 Å². The molecular formula is C14H23NO3S2. The molecule has 0 aromatic heterocycles. The fourth-order valence-electron chi connectivity index (χ4n) is 1.68. The number of hydrogen-bond acceptors (Lipinski definition) is 4. The summed E-state index contributed by atoms with van der Waals surface area (Å²) < 4.78 is 34.7. The number of sulfone groups is 1. The summed E-state index contributed by atoms with van der Waals surface area (Å²) in [5, 5.41) is 3.31. The van der Waals surface area contributed by atoms with Gasteiger partial charge in [-0.3, -0.25) is 4.21 Å². The zero-order valence-electron chi connectivity index (χ0n) is 12.3. The molecule has 6 heteroatoms. The fourth-order valence-corrected chi connectivity index (χ4v) is 3.39. The van der Waals surface area contributed by atoms with E-state index in [1.54, 1.807) is 12.1 Å². The van der Waals surface area contributed by atoms with E-state index in [2.05, 4.69) is 19.2 Å². The second kappa shape index (κ2) is 7.90. The quantitative estimate of drug-likeness (QED) is 0.743. The van der Waals surface area contributed by atoms with Gasteiger partial charge in [0.15, 0.2) is 9.84 Å². The predicted octanol–water partition coefficient (Wildman–Crippen LogP) is 1.83. The van der Waals surface area contributed by atoms with Crippen molar-refractivity contribution in [2.24, 2.45) is 5.92 Å². The molecule has 1 rings (SSSR count). The maximum Gasteiger partial charge on any atom is 0.175 e. The zero-order chi connectivity index (χ0) is 15.2. The first-order valence-corrected chi connectivity index (χ1v) is 9.91. The van der Waals surface area contributed by atoms with Gasteiger partial charge in [0.2, 0.25) is 0 Å². The topological polar surface area (TPSA) is 63.2 Å². The standard InChI is InChI=1S/C14H23NO3S2/c1-12(2)11-15-9-4-10-19(16)13-5-7-14(8-6-13)20(3,17)18/h5-8,12,15H,4,9-11H2,1-3H3. The van der Waals surface area contributed by atoms with Crippen LogP contribution in [-0.4, -0.2) is 37.7 Å². The predicted molar refractivity (Wildman–Crippen MR) is 83.2 cm³/mol. The molecule has 4 nitrogen and oxygen atoms in total. The van der Waals surface area contributed by atoms with Crippen LogP contribution in [0.15, 0.2) is 34.1 Å². The highest BCUT2D eigenvalue weighted by molar-refractivity contribution is 7.90. The van der Waals surface area contributed by atoms with Crippen LogP contribution in [0.5, 0.6) is 0 Å². The van der Waals surface area contributed by atoms with Crippen molar-refractivity contribution < 1.29 is 12.6 Å². The van der Waals surface area contributed by atoms with E-state index in [1.165, 1.54) is 18.4 Å². The molecule has 0 heterocycles. The summed E-state index contributed by atoms with van der Waals surface area (Å²) in [7, 11) is -4.25. The van der Waals surface area contributed by atoms with Gasteiger partial charge in [0.05, 0.1) is 15.7 Å². The SMILES string of the molecule is CC(C)CNCCCS(=O)c1ccc(S(C)(=O)=O)cc1. The molecule has 114 valence electrons. The molecule has 0 aliphatic carbocycles. The second-order valence-electron chi connectivity index (χ2n) is 5.24. The highest BCUT2D eigenvalue weighted by Crippen LogP contribution is 2.13. The third kappa shape index (κ3) is 6.15. The van der Waals surface area contributed by atoms with Crippen molar-refractivity contribution in [3.05, 3.63) is 24.3 Å². The van der Waals surface area contributed by atoms with E-state index >= 15 is 0 Å². The molecule has 0 bridgehead atoms. The van der Waals surface area contributed by atoms with Crippen LogP contribution in [-0.2, 0) is 20.6 Å². The molecule has 0 aliphatic heterocycles. The number of rotatable bonds is 8. The van der Waals surface area contributed by atoms with E-state index in [-0.39, 0.29) is 4.90 Å². The third-order valence-corrected chi connectivity index (χ3v) is 5.34. The van der Waals surface area contributed by atoms with Crippen molar-refractivity contribution in [3.63, 3.8) is 0 Å². The third-order valence-electron chi connectivity index (χ3n) is 2.75. The Labute approximate surface area is 124 Å². The summed E-state index contributed by atoms with van der Waals surface area (Å²) in [4.78, 5) is 0.943. The maximum absolute atomic E-state index is 12.0. The Bertz CT molecular complexity index is 536. The summed E-state index contributed by atoms with van der Waals surface area (Å²) in [6.07, 6.45) is 2.01. The minimum Gasteiger partial charge on any atom is -0.316 e. The number of nitrogens with one attached hydrogen (secondary N) is 1. The van der Waals surface area contributed by atoms with Crippen LogP contribution in [0.3, 0.4) is 0 Å². The average Bonchev–Trinajstić information content (AvgIpc) is 2.37. The highest BCUT2D eigenvalue weighted by Gasteiger charge is 2.08. The molecule has 0 amide bonds. The number of hydrogen-bond donors (Lipinski definition) is 1. The molecule has 0 saturated heterocycles. The molecule has 0 radical (unpaired) electrons. The molecule has 0 aliphatic rings. The summed E-state index contributed by atoms with van der Waals surface area (Å²) >= 11 is 0. The first-order chi connectivity index (χ1) is 9.30. The molecular weight excluding hydrogens is 294 g/mol. The Morgan fingerprint density at radius 1 is 1.20 bits per heavy atom. The maximum atomic E-state index is 12.0. The van der Waals surface area contributed by atoms with Crippen LogP contribution < -0.4 is 5.32 Å². The molecule has 1 N–H and O–H groups in total. The van der Waals surface area contributed by atoms with Crippen LogP contribution >= 0.6 is 0 Å². The lowest BCUT2D eigenvalue weighted by Crippen LogP contribution is -2.21. The fraction of sp³-hybridized carbons (Fsp3) is 0.571. The second-order valence-corrected chi connectivity index (χ2v) is 8.83. The van der Waals surface area contributed by atoms with Crippen molar-refractivity contribution >= 4 is 20.6 Å². The smallest absolute Gasteiger partial charge is 0.175 e. The summed E-state index contributed by atoms with van der Waals surface area (Å²) in [5.41, 5.74) is 0. The van der Waals surface area contributed by atoms with Crippen molar-refractivity contribution in [1.82, 2.24) is 5.32 Å². The van der Waals surface area contributed by atoms with Crippen LogP contribution in [0.25, 0.3) is 0 Å². The highest BCUT2D eigenvalue weighted by atomic mass is 32.2. The lowest BCUT2D eigenvalue weighted by Gasteiger charge is -2.07. The van der Waals surface area contributed by atoms with E-state index in [0.717, 1.165) is 19.5 Å². The molecule has 0 fully saturated rings. The Kier molecular flexibility index (Phi) is 6.85. The van der Waals surface area contributed by atoms with Gasteiger partial charge in [-0.15, -0.1) is 0 Å². The van der Waals surface area contributed by atoms with E-state index in [1.807, 2.05) is 0 Å². The Hall–Kier alpha value is -0.720. The molecule has 1 aromatic rings. The van der Waals surface area contributed by atoms with Crippen LogP contribution in [0.2, 0.25) is 0 Å². The largest absolute Gasteiger partial charge is 0.316 e. The lowest BCUT2D eigenvalue weighted by atomic mass is 10.2. The monoisotopic (exact) mass is 317 g/mol. The average molecular weight is 317 g/mol. The molecule has 1 aromatic carbocycles. The van der Waals surface area contributed by atoms with Gasteiger partial charge in [0.1, 0.15) is 0 Å². The van der Waals surface area contributed by atoms with E-state index in [9.17, 15) is 12.6 Å². The zero-order valence-corrected chi connectivity index (χ0v) is 13.9. The van der Waals surface area contributed by atoms with Gasteiger partial charge >= 0.3 is 0 Å². The van der Waals surface area contributed by atoms with Gasteiger partial charge in [-0.1, -0.05) is 13.8 Å². The van der Waals surface area contributed by atoms with Gasteiger partial charge in [-0.2, -0.15) is 0 Å². The van der Waals surface area contributed by atoms with Crippen LogP contribution in [0.4, 0.5) is 0 Å². The van der Waals surface area contributed by atoms with E-state index in [4.69, 9.17) is 0 Å². The van der Waals surface area contributed by atoms with Crippen LogP contribution in [0.1, 0.15) is 20.3 Å². The first-order valence-electron chi connectivity index (χ1n) is 6.70. The lowest BCUT2D eigenvalue weighted by molar-refractivity contribution is 0.550. The molecule has 20 heavy (non-hydrogen) atoms. The first kappa shape index (κ1) is 17.3. The van der Waals surface area contributed by atoms with Crippen molar-refractivity contribution in [1.29, 1.82) is 0 Å². The van der Waals surface area contributed by atoms with E-state index in [0.29, 0.717) is 16.6 Å². The van der Waals surface area contributed by atoms with E-state index < -0.39 is 20.6 Å². The normalized spacial score (nSPS) is 13.6. The number of benzene rings is 1. The minimum absolute atomic E-state index is 0.261. The van der Waals surface area contributed by atoms with Gasteiger partial charge in [0, 0.05) is 16.9 Å². The molecule has 0 spiro atoms. The molecule has 1 unspecified atom stereocenters. The summed E-state index contributed by atoms with van der Waals surface area (Å²) in [5.74, 6) is 1.20.